The van der Waals surface area contributed by atoms with Crippen molar-refractivity contribution in [2.45, 2.75) is 25.9 Å². The van der Waals surface area contributed by atoms with Gasteiger partial charge in [0, 0.05) is 0 Å². The first-order chi connectivity index (χ1) is 17.6. The molecule has 0 bridgehead atoms. The van der Waals surface area contributed by atoms with Gasteiger partial charge >= 0.3 is 25.8 Å². The second kappa shape index (κ2) is 16.2. The predicted molar refractivity (Wildman–Crippen MR) is 168 cm³/mol. The van der Waals surface area contributed by atoms with Gasteiger partial charge in [-0.1, -0.05) is 85.9 Å². The number of hydrogen-bond donors (Lipinski definition) is 0. The van der Waals surface area contributed by atoms with Gasteiger partial charge in [0.25, 0.3) is 0 Å². The Morgan fingerprint density at radius 2 is 0.868 bits per heavy atom. The Morgan fingerprint density at radius 3 is 1.21 bits per heavy atom. The van der Waals surface area contributed by atoms with E-state index >= 15 is 0 Å². The Labute approximate surface area is 250 Å². The molecular formula is C36H38HfSi. The van der Waals surface area contributed by atoms with Crippen molar-refractivity contribution in [1.29, 1.82) is 0 Å². The molecule has 0 saturated heterocycles. The molecule has 0 saturated carbocycles. The maximum atomic E-state index is 3.78. The molecule has 6 aromatic rings. The van der Waals surface area contributed by atoms with E-state index in [-0.39, 0.29) is 42.1 Å². The molecular weight excluding hydrogens is 639 g/mol. The van der Waals surface area contributed by atoms with Crippen molar-refractivity contribution in [2.75, 3.05) is 0 Å². The zero-order valence-corrected chi connectivity index (χ0v) is 27.6. The van der Waals surface area contributed by atoms with E-state index in [1.54, 1.807) is 0 Å². The summed E-state index contributed by atoms with van der Waals surface area (Å²) in [6.07, 6.45) is 2.05. The van der Waals surface area contributed by atoms with Crippen molar-refractivity contribution in [3.8, 4) is 0 Å². The number of rotatable bonds is 4. The molecule has 0 atom stereocenters. The summed E-state index contributed by atoms with van der Waals surface area (Å²) >= 11 is 0. The molecule has 0 aliphatic rings. The van der Waals surface area contributed by atoms with Gasteiger partial charge in [-0.25, -0.2) is 0 Å². The summed E-state index contributed by atoms with van der Waals surface area (Å²) in [4.78, 5) is 0. The first-order valence-corrected chi connectivity index (χ1v) is 15.9. The molecule has 0 fully saturated rings. The summed E-state index contributed by atoms with van der Waals surface area (Å²) in [5.41, 5.74) is 5.54. The van der Waals surface area contributed by atoms with E-state index in [0.29, 0.717) is 0 Å². The third-order valence-electron chi connectivity index (χ3n) is 5.86. The van der Waals surface area contributed by atoms with E-state index in [0.717, 1.165) is 12.8 Å². The predicted octanol–water partition coefficient (Wildman–Crippen LogP) is 9.59. The minimum absolute atomic E-state index is 0. The van der Waals surface area contributed by atoms with Crippen LogP contribution >= 0.6 is 0 Å². The maximum Gasteiger partial charge on any atom is 4.00 e. The van der Waals surface area contributed by atoms with Crippen molar-refractivity contribution in [1.82, 2.24) is 0 Å². The van der Waals surface area contributed by atoms with Crippen molar-refractivity contribution in [3.63, 3.8) is 0 Å². The van der Waals surface area contributed by atoms with Crippen LogP contribution in [0.25, 0.3) is 21.5 Å². The average Bonchev–Trinajstić information content (AvgIpc) is 3.48. The van der Waals surface area contributed by atoms with Gasteiger partial charge in [0.2, 0.25) is 0 Å². The van der Waals surface area contributed by atoms with Crippen LogP contribution in [0.4, 0.5) is 0 Å². The summed E-state index contributed by atoms with van der Waals surface area (Å²) in [5, 5.41) is 5.36. The normalized spacial score (nSPS) is 10.0. The van der Waals surface area contributed by atoms with Crippen LogP contribution in [-0.2, 0) is 38.7 Å². The van der Waals surface area contributed by atoms with Gasteiger partial charge in [-0.2, -0.15) is 12.1 Å². The Kier molecular flexibility index (Phi) is 13.4. The van der Waals surface area contributed by atoms with Crippen LogP contribution < -0.4 is 0 Å². The SMILES string of the molecule is [CH2-][SiH](C)C.[CH3-].[Hf+4].c1ccc(Cc2cc3ccccc3[cH-]2)cc1.c1ccc(Cc2cc3ccccc3[cH-]2)cc1. The Balaban J connectivity index is 0.000000224. The molecule has 6 aromatic carbocycles. The van der Waals surface area contributed by atoms with Crippen LogP contribution in [0.5, 0.6) is 0 Å². The van der Waals surface area contributed by atoms with E-state index in [2.05, 4.69) is 153 Å². The van der Waals surface area contributed by atoms with Crippen LogP contribution in [0.15, 0.2) is 133 Å². The molecule has 0 nitrogen and oxygen atoms in total. The third kappa shape index (κ3) is 9.81. The molecule has 0 amide bonds. The molecule has 0 N–H and O–H groups in total. The Bertz CT molecular complexity index is 1280. The molecule has 0 aliphatic carbocycles. The van der Waals surface area contributed by atoms with E-state index in [1.165, 1.54) is 43.8 Å². The quantitative estimate of drug-likeness (QED) is 0.129. The molecule has 6 rings (SSSR count). The van der Waals surface area contributed by atoms with E-state index in [4.69, 9.17) is 0 Å². The largest absolute Gasteiger partial charge is 4.00 e. The molecule has 38 heavy (non-hydrogen) atoms. The fourth-order valence-corrected chi connectivity index (χ4v) is 4.30. The van der Waals surface area contributed by atoms with Crippen LogP contribution in [-0.4, -0.2) is 8.80 Å². The summed E-state index contributed by atoms with van der Waals surface area (Å²) < 4.78 is 0. The molecule has 0 unspecified atom stereocenters. The first kappa shape index (κ1) is 31.4. The van der Waals surface area contributed by atoms with Crippen LogP contribution in [0, 0.1) is 14.0 Å². The fourth-order valence-electron chi connectivity index (χ4n) is 4.30. The van der Waals surface area contributed by atoms with Crippen molar-refractivity contribution in [2.24, 2.45) is 0 Å². The zero-order valence-electron chi connectivity index (χ0n) is 22.9. The summed E-state index contributed by atoms with van der Waals surface area (Å²) in [6.45, 7) is 8.17. The van der Waals surface area contributed by atoms with Crippen molar-refractivity contribution in [3.05, 3.63) is 170 Å². The van der Waals surface area contributed by atoms with Crippen molar-refractivity contribution < 1.29 is 25.8 Å². The molecule has 190 valence electrons. The summed E-state index contributed by atoms with van der Waals surface area (Å²) in [6, 6.07) is 47.4. The van der Waals surface area contributed by atoms with Crippen molar-refractivity contribution >= 4 is 30.3 Å². The summed E-state index contributed by atoms with van der Waals surface area (Å²) in [7, 11) is -0.389. The minimum atomic E-state index is -0.389. The van der Waals surface area contributed by atoms with Crippen LogP contribution in [0.3, 0.4) is 0 Å². The second-order valence-corrected chi connectivity index (χ2v) is 12.5. The van der Waals surface area contributed by atoms with Crippen LogP contribution in [0.1, 0.15) is 22.3 Å². The van der Waals surface area contributed by atoms with Gasteiger partial charge in [0.05, 0.1) is 0 Å². The monoisotopic (exact) mass is 678 g/mol. The maximum absolute atomic E-state index is 3.78. The number of hydrogen-bond acceptors (Lipinski definition) is 0. The van der Waals surface area contributed by atoms with Gasteiger partial charge in [-0.15, -0.1) is 90.0 Å². The van der Waals surface area contributed by atoms with Gasteiger partial charge in [-0.3, -0.25) is 0 Å². The standard InChI is InChI=1S/2C16H13.C3H9Si.CH3.Hf/c2*1-2-6-13(7-3-1)10-14-11-15-8-4-5-9-16(15)12-14;1-4(2)3;;/h2*1-9,11-12H,10H2;4H,1H2,2-3H3;1H3;/q4*-1;+4. The van der Waals surface area contributed by atoms with E-state index < -0.39 is 0 Å². The topological polar surface area (TPSA) is 0 Å². The molecule has 0 spiro atoms. The molecule has 2 heteroatoms. The Morgan fingerprint density at radius 1 is 0.553 bits per heavy atom. The van der Waals surface area contributed by atoms with E-state index in [9.17, 15) is 0 Å². The van der Waals surface area contributed by atoms with Gasteiger partial charge in [0.15, 0.2) is 0 Å². The summed E-state index contributed by atoms with van der Waals surface area (Å²) in [5.74, 6) is 0. The Hall–Kier alpha value is -2.81. The molecule has 0 aromatic heterocycles. The van der Waals surface area contributed by atoms with Gasteiger partial charge < -0.3 is 14.0 Å². The molecule has 0 aliphatic heterocycles. The van der Waals surface area contributed by atoms with Gasteiger partial charge in [-0.05, 0) is 24.0 Å². The second-order valence-electron chi connectivity index (χ2n) is 9.70. The number of benzene rings is 4. The zero-order chi connectivity index (χ0) is 25.2. The number of fused-ring (bicyclic) bond motifs is 2. The third-order valence-corrected chi connectivity index (χ3v) is 5.86. The minimum Gasteiger partial charge on any atom is -0.358 e. The molecule has 0 radical (unpaired) electrons. The van der Waals surface area contributed by atoms with E-state index in [1.807, 2.05) is 0 Å². The molecule has 0 heterocycles. The fraction of sp³-hybridized carbons (Fsp3) is 0.111. The smallest absolute Gasteiger partial charge is 0.358 e. The average molecular weight is 677 g/mol. The first-order valence-electron chi connectivity index (χ1n) is 12.8. The van der Waals surface area contributed by atoms with Gasteiger partial charge in [0.1, 0.15) is 0 Å². The van der Waals surface area contributed by atoms with Crippen LogP contribution in [0.2, 0.25) is 13.1 Å².